The average molecular weight is 742 g/mol. The van der Waals surface area contributed by atoms with E-state index < -0.39 is 0 Å². The summed E-state index contributed by atoms with van der Waals surface area (Å²) in [5, 5.41) is 9.67. The van der Waals surface area contributed by atoms with Gasteiger partial charge >= 0.3 is 0 Å². The number of nitrogens with zero attached hydrogens (tertiary/aromatic N) is 7. The second-order valence-corrected chi connectivity index (χ2v) is 14.6. The number of pyridine rings is 2. The Labute approximate surface area is 332 Å². The molecule has 5 heterocycles. The molecular weight excluding hydrogens is 711 g/mol. The average Bonchev–Trinajstić information content (AvgIpc) is 3.81. The molecule has 7 heteroatoms. The van der Waals surface area contributed by atoms with Crippen LogP contribution < -0.4 is 0 Å². The van der Waals surface area contributed by atoms with Crippen LogP contribution in [0.15, 0.2) is 188 Å². The van der Waals surface area contributed by atoms with Gasteiger partial charge in [0.25, 0.3) is 0 Å². The third-order valence-corrected chi connectivity index (χ3v) is 11.3. The van der Waals surface area contributed by atoms with Gasteiger partial charge in [-0.1, -0.05) is 103 Å². The second-order valence-electron chi connectivity index (χ2n) is 14.6. The number of fused-ring (bicyclic) bond motifs is 9. The van der Waals surface area contributed by atoms with E-state index in [0.29, 0.717) is 29.0 Å². The molecule has 0 fully saturated rings. The highest BCUT2D eigenvalue weighted by molar-refractivity contribution is 6.13. The molecule has 7 aromatic carbocycles. The fourth-order valence-corrected chi connectivity index (χ4v) is 8.62. The molecular formula is C51H31N7. The summed E-state index contributed by atoms with van der Waals surface area (Å²) in [4.78, 5) is 24.0. The van der Waals surface area contributed by atoms with Gasteiger partial charge in [0.1, 0.15) is 11.4 Å². The van der Waals surface area contributed by atoms with Crippen LogP contribution in [0.4, 0.5) is 0 Å². The number of para-hydroxylation sites is 2. The first-order valence-corrected chi connectivity index (χ1v) is 19.3. The topological polar surface area (TPSA) is 74.3 Å². The van der Waals surface area contributed by atoms with Crippen molar-refractivity contribution in [2.75, 3.05) is 0 Å². The minimum absolute atomic E-state index is 0.485. The Morgan fingerprint density at radius 1 is 0.328 bits per heavy atom. The zero-order valence-corrected chi connectivity index (χ0v) is 31.0. The number of benzene rings is 7. The van der Waals surface area contributed by atoms with Gasteiger partial charge in [-0.25, -0.2) is 4.98 Å². The summed E-state index contributed by atoms with van der Waals surface area (Å²) in [5.74, 6) is 1.48. The third-order valence-electron chi connectivity index (χ3n) is 11.3. The lowest BCUT2D eigenvalue weighted by molar-refractivity contribution is 0.943. The zero-order valence-electron chi connectivity index (χ0n) is 31.0. The van der Waals surface area contributed by atoms with Gasteiger partial charge in [-0.15, -0.1) is 0 Å². The molecule has 0 aliphatic rings. The summed E-state index contributed by atoms with van der Waals surface area (Å²) in [5.41, 5.74) is 9.10. The van der Waals surface area contributed by atoms with Crippen molar-refractivity contribution in [3.8, 4) is 45.8 Å². The molecule has 58 heavy (non-hydrogen) atoms. The van der Waals surface area contributed by atoms with Crippen LogP contribution >= 0.6 is 0 Å². The first kappa shape index (κ1) is 32.2. The van der Waals surface area contributed by atoms with Gasteiger partial charge in [0.15, 0.2) is 11.6 Å². The highest BCUT2D eigenvalue weighted by Gasteiger charge is 2.20. The summed E-state index contributed by atoms with van der Waals surface area (Å²) >= 11 is 0. The fourth-order valence-electron chi connectivity index (χ4n) is 8.62. The van der Waals surface area contributed by atoms with Crippen LogP contribution in [0, 0.1) is 0 Å². The van der Waals surface area contributed by atoms with Gasteiger partial charge in [0.2, 0.25) is 5.95 Å². The molecule has 0 atom stereocenters. The molecule has 0 saturated heterocycles. The monoisotopic (exact) mass is 741 g/mol. The van der Waals surface area contributed by atoms with Crippen LogP contribution in [0.3, 0.4) is 0 Å². The molecule has 0 spiro atoms. The predicted octanol–water partition coefficient (Wildman–Crippen LogP) is 12.2. The molecule has 0 aliphatic carbocycles. The summed E-state index contributed by atoms with van der Waals surface area (Å²) < 4.78 is 4.52. The van der Waals surface area contributed by atoms with Crippen LogP contribution in [0.5, 0.6) is 0 Å². The number of hydrogen-bond donors (Lipinski definition) is 0. The Morgan fingerprint density at radius 2 is 0.845 bits per heavy atom. The molecule has 0 aliphatic heterocycles. The van der Waals surface area contributed by atoms with E-state index in [2.05, 4.69) is 159 Å². The van der Waals surface area contributed by atoms with Crippen molar-refractivity contribution in [2.24, 2.45) is 0 Å². The molecule has 0 radical (unpaired) electrons. The van der Waals surface area contributed by atoms with Gasteiger partial charge in [-0.05, 0) is 105 Å². The molecule has 0 amide bonds. The Kier molecular flexibility index (Phi) is 7.09. The number of rotatable bonds is 5. The molecule has 0 N–H and O–H groups in total. The quantitative estimate of drug-likeness (QED) is 0.164. The van der Waals surface area contributed by atoms with E-state index in [4.69, 9.17) is 15.0 Å². The third kappa shape index (κ3) is 5.04. The highest BCUT2D eigenvalue weighted by Crippen LogP contribution is 2.39. The molecule has 12 aromatic rings. The summed E-state index contributed by atoms with van der Waals surface area (Å²) in [7, 11) is 0. The maximum Gasteiger partial charge on any atom is 0.238 e. The summed E-state index contributed by atoms with van der Waals surface area (Å²) in [6.07, 6.45) is 3.50. The maximum atomic E-state index is 5.02. The standard InChI is InChI=1S/C51H31N7/c1-2-12-37-32(11-1)19-20-35-29-36(23-24-38(35)37)57-45-17-5-3-13-39(45)41-30-33(21-25-47(41)57)34-22-26-48-42(31-34)40-14-4-6-18-46(40)58(48)51-55-49(43-15-7-9-27-52-43)54-50(56-51)44-16-8-10-28-53-44/h1-31H. The largest absolute Gasteiger partial charge is 0.309 e. The van der Waals surface area contributed by atoms with Gasteiger partial charge in [0, 0.05) is 39.6 Å². The summed E-state index contributed by atoms with van der Waals surface area (Å²) in [6.45, 7) is 0. The number of aromatic nitrogens is 7. The van der Waals surface area contributed by atoms with Crippen LogP contribution in [0.1, 0.15) is 0 Å². The van der Waals surface area contributed by atoms with Crippen molar-refractivity contribution in [2.45, 2.75) is 0 Å². The van der Waals surface area contributed by atoms with E-state index in [1.165, 1.54) is 43.4 Å². The van der Waals surface area contributed by atoms with E-state index >= 15 is 0 Å². The van der Waals surface area contributed by atoms with Crippen LogP contribution in [0.2, 0.25) is 0 Å². The Hall–Kier alpha value is -8.03. The first-order chi connectivity index (χ1) is 28.7. The molecule has 0 saturated carbocycles. The minimum Gasteiger partial charge on any atom is -0.309 e. The van der Waals surface area contributed by atoms with Crippen molar-refractivity contribution in [1.82, 2.24) is 34.1 Å². The summed E-state index contributed by atoms with van der Waals surface area (Å²) in [6, 6.07) is 62.0. The molecule has 0 bridgehead atoms. The van der Waals surface area contributed by atoms with E-state index in [-0.39, 0.29) is 0 Å². The lowest BCUT2D eigenvalue weighted by Gasteiger charge is -2.11. The molecule has 5 aromatic heterocycles. The maximum absolute atomic E-state index is 5.02. The fraction of sp³-hybridized carbons (Fsp3) is 0. The minimum atomic E-state index is 0.485. The zero-order chi connectivity index (χ0) is 38.2. The Bertz CT molecular complexity index is 3510. The molecule has 12 rings (SSSR count). The van der Waals surface area contributed by atoms with Crippen molar-refractivity contribution in [3.05, 3.63) is 188 Å². The molecule has 0 unspecified atom stereocenters. The van der Waals surface area contributed by atoms with Crippen LogP contribution in [-0.4, -0.2) is 34.1 Å². The van der Waals surface area contributed by atoms with Gasteiger partial charge in [0.05, 0.1) is 22.1 Å². The van der Waals surface area contributed by atoms with Crippen LogP contribution in [0.25, 0.3) is 111 Å². The van der Waals surface area contributed by atoms with Crippen molar-refractivity contribution < 1.29 is 0 Å². The SMILES string of the molecule is c1ccc(-c2nc(-c3ccccn3)nc(-n3c4ccccc4c4cc(-c5ccc6c(c5)c5ccccc5n6-c5ccc6c(ccc7ccccc76)c5)ccc43)n2)nc1. The van der Waals surface area contributed by atoms with E-state index in [1.54, 1.807) is 12.4 Å². The number of hydrogen-bond acceptors (Lipinski definition) is 5. The predicted molar refractivity (Wildman–Crippen MR) is 235 cm³/mol. The van der Waals surface area contributed by atoms with Crippen molar-refractivity contribution in [1.29, 1.82) is 0 Å². The molecule has 270 valence electrons. The lowest BCUT2D eigenvalue weighted by atomic mass is 10.0. The molecule has 7 nitrogen and oxygen atoms in total. The smallest absolute Gasteiger partial charge is 0.238 e. The Balaban J connectivity index is 1.02. The van der Waals surface area contributed by atoms with Gasteiger partial charge in [-0.3, -0.25) is 14.5 Å². The first-order valence-electron chi connectivity index (χ1n) is 19.3. The Morgan fingerprint density at radius 3 is 1.48 bits per heavy atom. The van der Waals surface area contributed by atoms with Crippen LogP contribution in [-0.2, 0) is 0 Å². The normalized spacial score (nSPS) is 11.8. The van der Waals surface area contributed by atoms with E-state index in [0.717, 1.165) is 38.6 Å². The highest BCUT2D eigenvalue weighted by atomic mass is 15.2. The van der Waals surface area contributed by atoms with E-state index in [1.807, 2.05) is 36.4 Å². The van der Waals surface area contributed by atoms with Gasteiger partial charge < -0.3 is 4.57 Å². The van der Waals surface area contributed by atoms with E-state index in [9.17, 15) is 0 Å². The van der Waals surface area contributed by atoms with Crippen molar-refractivity contribution >= 4 is 65.2 Å². The lowest BCUT2D eigenvalue weighted by Crippen LogP contribution is -2.07. The second kappa shape index (κ2) is 12.8. The van der Waals surface area contributed by atoms with Gasteiger partial charge in [-0.2, -0.15) is 9.97 Å². The van der Waals surface area contributed by atoms with Crippen molar-refractivity contribution in [3.63, 3.8) is 0 Å².